The summed E-state index contributed by atoms with van der Waals surface area (Å²) in [5.41, 5.74) is 5.21. The number of hydrogen-bond donors (Lipinski definition) is 0. The predicted molar refractivity (Wildman–Crippen MR) is 129 cm³/mol. The number of anilines is 2. The highest BCUT2D eigenvalue weighted by Crippen LogP contribution is 2.34. The summed E-state index contributed by atoms with van der Waals surface area (Å²) in [5.74, 6) is 0.989. The Morgan fingerprint density at radius 1 is 1.12 bits per heavy atom. The zero-order valence-electron chi connectivity index (χ0n) is 19.1. The summed E-state index contributed by atoms with van der Waals surface area (Å²) < 4.78 is 0. The lowest BCUT2D eigenvalue weighted by Crippen LogP contribution is -2.34. The number of nitrogens with zero attached hydrogens (tertiary/aromatic N) is 3. The third-order valence-corrected chi connectivity index (χ3v) is 6.39. The summed E-state index contributed by atoms with van der Waals surface area (Å²) in [5, 5.41) is 0. The minimum atomic E-state index is 0.0313. The van der Waals surface area contributed by atoms with Crippen LogP contribution in [-0.2, 0) is 12.8 Å². The molecule has 5 nitrogen and oxygen atoms in total. The van der Waals surface area contributed by atoms with Crippen LogP contribution in [-0.4, -0.2) is 41.2 Å². The van der Waals surface area contributed by atoms with Crippen molar-refractivity contribution in [3.63, 3.8) is 0 Å². The fraction of sp³-hybridized carbons (Fsp3) is 0.370. The maximum atomic E-state index is 12.9. The minimum absolute atomic E-state index is 0.0313. The lowest BCUT2D eigenvalue weighted by Gasteiger charge is -2.31. The van der Waals surface area contributed by atoms with Gasteiger partial charge in [0.25, 0.3) is 5.91 Å². The summed E-state index contributed by atoms with van der Waals surface area (Å²) in [6.45, 7) is 10.2. The number of fused-ring (bicyclic) bond motifs is 1. The van der Waals surface area contributed by atoms with Crippen LogP contribution in [0, 0.1) is 0 Å². The van der Waals surface area contributed by atoms with Crippen LogP contribution in [0.25, 0.3) is 0 Å². The second-order valence-corrected chi connectivity index (χ2v) is 8.45. The first-order chi connectivity index (χ1) is 15.5. The van der Waals surface area contributed by atoms with Crippen molar-refractivity contribution in [1.82, 2.24) is 9.88 Å². The first kappa shape index (κ1) is 22.0. The summed E-state index contributed by atoms with van der Waals surface area (Å²) in [6.07, 6.45) is 10.1. The van der Waals surface area contributed by atoms with Gasteiger partial charge in [-0.3, -0.25) is 9.59 Å². The number of aryl methyl sites for hydroxylation is 2. The van der Waals surface area contributed by atoms with Gasteiger partial charge in [-0.25, -0.2) is 4.98 Å². The van der Waals surface area contributed by atoms with Crippen molar-refractivity contribution in [1.29, 1.82) is 0 Å². The molecule has 4 rings (SSSR count). The number of hydrogen-bond acceptors (Lipinski definition) is 4. The number of amides is 1. The molecule has 2 aliphatic heterocycles. The van der Waals surface area contributed by atoms with E-state index in [1.165, 1.54) is 0 Å². The van der Waals surface area contributed by atoms with E-state index in [-0.39, 0.29) is 11.7 Å². The molecule has 0 bridgehead atoms. The quantitative estimate of drug-likeness (QED) is 0.356. The number of Topliss-reactive ketones (excluding diaryl/α,β-unsaturated/α-hetero) is 1. The molecule has 0 saturated carbocycles. The number of carbonyl (C=O) groups is 2. The van der Waals surface area contributed by atoms with E-state index < -0.39 is 0 Å². The van der Waals surface area contributed by atoms with Crippen LogP contribution in [0.5, 0.6) is 0 Å². The van der Waals surface area contributed by atoms with E-state index in [0.29, 0.717) is 24.1 Å². The third-order valence-electron chi connectivity index (χ3n) is 6.39. The van der Waals surface area contributed by atoms with Crippen LogP contribution < -0.4 is 4.90 Å². The van der Waals surface area contributed by atoms with Crippen LogP contribution in [0.1, 0.15) is 65.0 Å². The Balaban J connectivity index is 1.63. The molecule has 0 radical (unpaired) electrons. The van der Waals surface area contributed by atoms with Crippen LogP contribution in [0.2, 0.25) is 0 Å². The van der Waals surface area contributed by atoms with Gasteiger partial charge in [0.2, 0.25) is 0 Å². The Bertz CT molecular complexity index is 1090. The maximum absolute atomic E-state index is 12.9. The van der Waals surface area contributed by atoms with Crippen molar-refractivity contribution in [2.24, 2.45) is 0 Å². The molecule has 166 valence electrons. The average molecular weight is 430 g/mol. The van der Waals surface area contributed by atoms with Gasteiger partial charge in [-0.2, -0.15) is 0 Å². The maximum Gasteiger partial charge on any atom is 0.255 e. The number of ketones is 1. The van der Waals surface area contributed by atoms with Crippen LogP contribution in [0.3, 0.4) is 0 Å². The summed E-state index contributed by atoms with van der Waals surface area (Å²) >= 11 is 0. The molecule has 0 spiro atoms. The number of carbonyl (C=O) groups excluding carboxylic acids is 2. The normalized spacial score (nSPS) is 15.4. The van der Waals surface area contributed by atoms with Crippen molar-refractivity contribution in [2.75, 3.05) is 24.5 Å². The topological polar surface area (TPSA) is 53.5 Å². The van der Waals surface area contributed by atoms with Gasteiger partial charge in [0.05, 0.1) is 5.56 Å². The highest BCUT2D eigenvalue weighted by atomic mass is 16.2. The zero-order chi connectivity index (χ0) is 22.7. The molecule has 0 saturated heterocycles. The first-order valence-corrected chi connectivity index (χ1v) is 11.6. The minimum Gasteiger partial charge on any atom is -0.335 e. The van der Waals surface area contributed by atoms with E-state index in [9.17, 15) is 9.59 Å². The van der Waals surface area contributed by atoms with E-state index in [2.05, 4.69) is 30.5 Å². The molecular weight excluding hydrogens is 398 g/mol. The fourth-order valence-electron chi connectivity index (χ4n) is 4.45. The molecular formula is C27H31N3O2. The van der Waals surface area contributed by atoms with Gasteiger partial charge < -0.3 is 9.80 Å². The molecule has 0 unspecified atom stereocenters. The third kappa shape index (κ3) is 4.24. The van der Waals surface area contributed by atoms with Crippen molar-refractivity contribution < 1.29 is 9.59 Å². The molecule has 5 heteroatoms. The van der Waals surface area contributed by atoms with Crippen molar-refractivity contribution in [3.05, 3.63) is 77.0 Å². The summed E-state index contributed by atoms with van der Waals surface area (Å²) in [6, 6.07) is 8.05. The number of aromatic nitrogens is 1. The average Bonchev–Trinajstić information content (AvgIpc) is 2.86. The van der Waals surface area contributed by atoms with Gasteiger partial charge in [-0.1, -0.05) is 32.6 Å². The predicted octanol–water partition coefficient (Wildman–Crippen LogP) is 5.28. The largest absolute Gasteiger partial charge is 0.335 e. The van der Waals surface area contributed by atoms with Gasteiger partial charge in [-0.05, 0) is 73.1 Å². The molecule has 0 N–H and O–H groups in total. The summed E-state index contributed by atoms with van der Waals surface area (Å²) in [7, 11) is 0. The van der Waals surface area contributed by atoms with Gasteiger partial charge >= 0.3 is 0 Å². The van der Waals surface area contributed by atoms with Gasteiger partial charge in [0.1, 0.15) is 5.82 Å². The molecule has 2 aromatic rings. The molecule has 1 aromatic carbocycles. The van der Waals surface area contributed by atoms with E-state index in [1.54, 1.807) is 6.20 Å². The number of benzene rings is 1. The lowest BCUT2D eigenvalue weighted by atomic mass is 9.95. The molecule has 3 heterocycles. The van der Waals surface area contributed by atoms with E-state index in [4.69, 9.17) is 4.98 Å². The first-order valence-electron chi connectivity index (χ1n) is 11.6. The molecule has 0 fully saturated rings. The molecule has 32 heavy (non-hydrogen) atoms. The molecule has 1 aromatic heterocycles. The van der Waals surface area contributed by atoms with Crippen LogP contribution in [0.15, 0.2) is 54.8 Å². The Labute approximate surface area is 190 Å². The van der Waals surface area contributed by atoms with Crippen molar-refractivity contribution in [3.8, 4) is 0 Å². The van der Waals surface area contributed by atoms with Gasteiger partial charge in [-0.15, -0.1) is 0 Å². The van der Waals surface area contributed by atoms with E-state index in [1.807, 2.05) is 36.1 Å². The van der Waals surface area contributed by atoms with E-state index >= 15 is 0 Å². The van der Waals surface area contributed by atoms with Crippen LogP contribution >= 0.6 is 0 Å². The monoisotopic (exact) mass is 429 g/mol. The SMILES string of the molecule is C=C(CC)C(=O)c1ccc(N2CCCc3cc(C(=O)N4CC=CCC4)cnc32)cc1CC. The Kier molecular flexibility index (Phi) is 6.54. The highest BCUT2D eigenvalue weighted by Gasteiger charge is 2.24. The lowest BCUT2D eigenvalue weighted by molar-refractivity contribution is 0.0770. The van der Waals surface area contributed by atoms with Crippen LogP contribution in [0.4, 0.5) is 11.5 Å². The molecule has 0 atom stereocenters. The van der Waals surface area contributed by atoms with Gasteiger partial charge in [0, 0.05) is 37.1 Å². The van der Waals surface area contributed by atoms with Crippen molar-refractivity contribution >= 4 is 23.2 Å². The number of rotatable bonds is 6. The van der Waals surface area contributed by atoms with Crippen molar-refractivity contribution in [2.45, 2.75) is 46.0 Å². The fourth-order valence-corrected chi connectivity index (χ4v) is 4.45. The van der Waals surface area contributed by atoms with E-state index in [0.717, 1.165) is 67.0 Å². The Morgan fingerprint density at radius 2 is 1.97 bits per heavy atom. The summed E-state index contributed by atoms with van der Waals surface area (Å²) in [4.78, 5) is 34.4. The molecule has 1 amide bonds. The highest BCUT2D eigenvalue weighted by molar-refractivity contribution is 6.09. The second kappa shape index (κ2) is 9.51. The Morgan fingerprint density at radius 3 is 2.69 bits per heavy atom. The standard InChI is InChI=1S/C27H31N3O2/c1-4-19(3)25(31)24-12-11-23(17-20(24)5-2)30-15-9-10-21-16-22(18-28-26(21)30)27(32)29-13-7-6-8-14-29/h6-7,11-12,16-18H,3-5,8-10,13-15H2,1-2H3. The Hall–Kier alpha value is -3.21. The smallest absolute Gasteiger partial charge is 0.255 e. The van der Waals surface area contributed by atoms with Gasteiger partial charge in [0.15, 0.2) is 5.78 Å². The molecule has 2 aliphatic rings. The zero-order valence-corrected chi connectivity index (χ0v) is 19.1. The molecule has 0 aliphatic carbocycles. The number of pyridine rings is 1. The second-order valence-electron chi connectivity index (χ2n) is 8.45. The number of allylic oxidation sites excluding steroid dienone is 1.